The van der Waals surface area contributed by atoms with Gasteiger partial charge >= 0.3 is 12.1 Å². The Morgan fingerprint density at radius 3 is 2.73 bits per heavy atom. The first kappa shape index (κ1) is 28.8. The van der Waals surface area contributed by atoms with Crippen LogP contribution in [0, 0.1) is 16.7 Å². The summed E-state index contributed by atoms with van der Waals surface area (Å²) in [6.45, 7) is 1.18. The predicted octanol–water partition coefficient (Wildman–Crippen LogP) is 0.883. The SMILES string of the molecule is C[C@H](N[PH](=O)OC[C@@]1(C#N)O[C@@H](c2ccc3c(N)ncnn23)[C@H](O)[C@@H]1O)C(=O)OCC(C)(C)C(F)(F)F. The van der Waals surface area contributed by atoms with Gasteiger partial charge in [0.15, 0.2) is 5.82 Å². The van der Waals surface area contributed by atoms with Crippen molar-refractivity contribution in [1.29, 1.82) is 5.26 Å². The van der Waals surface area contributed by atoms with E-state index in [0.717, 1.165) is 13.8 Å². The molecule has 0 aromatic carbocycles. The molecule has 17 heteroatoms. The summed E-state index contributed by atoms with van der Waals surface area (Å²) in [6.07, 6.45) is -8.11. The summed E-state index contributed by atoms with van der Waals surface area (Å²) in [5.41, 5.74) is 1.98. The van der Waals surface area contributed by atoms with Gasteiger partial charge < -0.3 is 29.9 Å². The largest absolute Gasteiger partial charge is 0.464 e. The van der Waals surface area contributed by atoms with E-state index >= 15 is 0 Å². The van der Waals surface area contributed by atoms with Crippen LogP contribution in [0.25, 0.3) is 5.52 Å². The van der Waals surface area contributed by atoms with Crippen molar-refractivity contribution in [3.8, 4) is 6.07 Å². The molecular weight excluding hydrogens is 524 g/mol. The maximum Gasteiger partial charge on any atom is 0.397 e. The van der Waals surface area contributed by atoms with Gasteiger partial charge in [-0.1, -0.05) is 0 Å². The van der Waals surface area contributed by atoms with Crippen LogP contribution in [0.15, 0.2) is 18.5 Å². The number of carbonyl (C=O) groups excluding carboxylic acids is 1. The predicted molar refractivity (Wildman–Crippen MR) is 120 cm³/mol. The number of hydrogen-bond acceptors (Lipinski definition) is 11. The highest BCUT2D eigenvalue weighted by Crippen LogP contribution is 2.42. The molecule has 1 saturated heterocycles. The third-order valence-electron chi connectivity index (χ3n) is 5.89. The lowest BCUT2D eigenvalue weighted by Gasteiger charge is -2.27. The van der Waals surface area contributed by atoms with Gasteiger partial charge in [-0.2, -0.15) is 23.5 Å². The monoisotopic (exact) mass is 550 g/mol. The molecule has 0 amide bonds. The molecule has 0 aliphatic carbocycles. The standard InChI is InChI=1S/C20H26F3N6O7P/c1-10(17(32)34-7-18(2,3)20(21,22)23)28-37(33)35-8-19(6-24)15(31)13(30)14(36-19)11-4-5-12-16(25)26-9-27-29(11)12/h4-5,9-10,13-15,30-31,37H,7-8H2,1-3H3,(H,28,33)(H2,25,26,27)/t10-,13-,14-,15-,19+/m0/s1. The van der Waals surface area contributed by atoms with Gasteiger partial charge in [0, 0.05) is 0 Å². The zero-order valence-electron chi connectivity index (χ0n) is 19.9. The van der Waals surface area contributed by atoms with E-state index in [1.165, 1.54) is 23.8 Å². The van der Waals surface area contributed by atoms with Crippen LogP contribution >= 0.6 is 8.18 Å². The van der Waals surface area contributed by atoms with Crippen molar-refractivity contribution in [3.63, 3.8) is 0 Å². The Labute approximate surface area is 209 Å². The number of aliphatic hydroxyl groups is 2. The molecule has 2 aromatic heterocycles. The highest BCUT2D eigenvalue weighted by atomic mass is 31.1. The van der Waals surface area contributed by atoms with Crippen LogP contribution in [0.1, 0.15) is 32.6 Å². The van der Waals surface area contributed by atoms with Crippen LogP contribution in [0.5, 0.6) is 0 Å². The summed E-state index contributed by atoms with van der Waals surface area (Å²) in [5.74, 6) is -0.966. The number of anilines is 1. The summed E-state index contributed by atoms with van der Waals surface area (Å²) in [6, 6.07) is 3.46. The number of nitrogen functional groups attached to an aromatic ring is 1. The quantitative estimate of drug-likeness (QED) is 0.255. The average molecular weight is 550 g/mol. The summed E-state index contributed by atoms with van der Waals surface area (Å²) >= 11 is 0. The van der Waals surface area contributed by atoms with E-state index in [9.17, 15) is 38.0 Å². The number of nitrogens with zero attached hydrogens (tertiary/aromatic N) is 4. The van der Waals surface area contributed by atoms with Crippen molar-refractivity contribution in [2.24, 2.45) is 5.41 Å². The number of halogens is 3. The fourth-order valence-corrected chi connectivity index (χ4v) is 4.28. The van der Waals surface area contributed by atoms with Gasteiger partial charge in [0.05, 0.1) is 11.1 Å². The van der Waals surface area contributed by atoms with E-state index in [2.05, 4.69) is 19.9 Å². The number of esters is 1. The topological polar surface area (TPSA) is 194 Å². The zero-order chi connectivity index (χ0) is 27.8. The molecule has 13 nitrogen and oxygen atoms in total. The number of carbonyl (C=O) groups is 1. The normalized spacial score (nSPS) is 26.1. The molecule has 5 N–H and O–H groups in total. The van der Waals surface area contributed by atoms with Crippen LogP contribution in [0.4, 0.5) is 19.0 Å². The Morgan fingerprint density at radius 2 is 2.11 bits per heavy atom. The molecule has 204 valence electrons. The van der Waals surface area contributed by atoms with E-state index in [4.69, 9.17) is 15.0 Å². The second kappa shape index (κ2) is 10.5. The molecule has 6 atom stereocenters. The van der Waals surface area contributed by atoms with Gasteiger partial charge in [-0.25, -0.2) is 14.6 Å². The molecular formula is C20H26F3N6O7P. The number of nitrogens with one attached hydrogen (secondary N) is 1. The van der Waals surface area contributed by atoms with Crippen LogP contribution in [-0.2, 0) is 23.4 Å². The molecule has 3 heterocycles. The number of rotatable bonds is 9. The van der Waals surface area contributed by atoms with Gasteiger partial charge in [-0.3, -0.25) is 9.36 Å². The number of hydrogen-bond donors (Lipinski definition) is 4. The lowest BCUT2D eigenvalue weighted by Crippen LogP contribution is -2.45. The van der Waals surface area contributed by atoms with E-state index in [-0.39, 0.29) is 11.5 Å². The number of aliphatic hydroxyl groups excluding tert-OH is 2. The van der Waals surface area contributed by atoms with Crippen molar-refractivity contribution in [1.82, 2.24) is 19.7 Å². The van der Waals surface area contributed by atoms with Crippen LogP contribution in [0.2, 0.25) is 0 Å². The molecule has 1 aliphatic heterocycles. The molecule has 1 fully saturated rings. The van der Waals surface area contributed by atoms with Crippen molar-refractivity contribution in [2.45, 2.75) is 56.9 Å². The molecule has 3 rings (SSSR count). The van der Waals surface area contributed by atoms with Gasteiger partial charge in [0.2, 0.25) is 5.60 Å². The minimum atomic E-state index is -4.61. The van der Waals surface area contributed by atoms with E-state index in [0.29, 0.717) is 5.52 Å². The average Bonchev–Trinajstić information content (AvgIpc) is 3.36. The Balaban J connectivity index is 1.63. The van der Waals surface area contributed by atoms with Crippen LogP contribution in [0.3, 0.4) is 0 Å². The number of fused-ring (bicyclic) bond motifs is 1. The highest BCUT2D eigenvalue weighted by molar-refractivity contribution is 7.36. The molecule has 0 spiro atoms. The van der Waals surface area contributed by atoms with Crippen molar-refractivity contribution in [3.05, 3.63) is 24.2 Å². The van der Waals surface area contributed by atoms with Crippen molar-refractivity contribution < 1.29 is 46.7 Å². The molecule has 0 bridgehead atoms. The number of nitrogens with two attached hydrogens (primary N) is 1. The first-order chi connectivity index (χ1) is 17.1. The molecule has 0 radical (unpaired) electrons. The molecule has 1 unspecified atom stereocenters. The fourth-order valence-electron chi connectivity index (χ4n) is 3.38. The maximum atomic E-state index is 12.9. The fraction of sp³-hybridized carbons (Fsp3) is 0.600. The first-order valence-corrected chi connectivity index (χ1v) is 12.1. The summed E-state index contributed by atoms with van der Waals surface area (Å²) in [7, 11) is -3.29. The van der Waals surface area contributed by atoms with Gasteiger partial charge in [-0.15, -0.1) is 0 Å². The number of ether oxygens (including phenoxy) is 2. The number of alkyl halides is 3. The Kier molecular flexibility index (Phi) is 8.18. The zero-order valence-corrected chi connectivity index (χ0v) is 20.9. The van der Waals surface area contributed by atoms with Gasteiger partial charge in [-0.05, 0) is 32.9 Å². The third kappa shape index (κ3) is 5.71. The lowest BCUT2D eigenvalue weighted by atomic mass is 9.94. The number of nitriles is 1. The molecule has 1 aliphatic rings. The van der Waals surface area contributed by atoms with E-state index in [1.807, 2.05) is 0 Å². The van der Waals surface area contributed by atoms with E-state index < -0.39 is 68.9 Å². The first-order valence-electron chi connectivity index (χ1n) is 10.8. The Morgan fingerprint density at radius 1 is 1.43 bits per heavy atom. The lowest BCUT2D eigenvalue weighted by molar-refractivity contribution is -0.226. The summed E-state index contributed by atoms with van der Waals surface area (Å²) in [4.78, 5) is 15.9. The Hall–Kier alpha value is -2.80. The second-order valence-corrected chi connectivity index (χ2v) is 10.3. The third-order valence-corrected chi connectivity index (χ3v) is 6.96. The second-order valence-electron chi connectivity index (χ2n) is 9.11. The van der Waals surface area contributed by atoms with Crippen LogP contribution in [-0.4, -0.2) is 74.0 Å². The van der Waals surface area contributed by atoms with Gasteiger partial charge in [0.25, 0.3) is 8.18 Å². The Bertz CT molecular complexity index is 1220. The van der Waals surface area contributed by atoms with Crippen molar-refractivity contribution in [2.75, 3.05) is 18.9 Å². The van der Waals surface area contributed by atoms with E-state index in [1.54, 1.807) is 12.1 Å². The molecule has 0 saturated carbocycles. The molecule has 2 aromatic rings. The smallest absolute Gasteiger partial charge is 0.397 e. The van der Waals surface area contributed by atoms with Gasteiger partial charge in [0.1, 0.15) is 55.5 Å². The minimum absolute atomic E-state index is 0.142. The summed E-state index contributed by atoms with van der Waals surface area (Å²) in [5, 5.41) is 37.2. The number of aromatic nitrogens is 3. The highest BCUT2D eigenvalue weighted by Gasteiger charge is 2.56. The van der Waals surface area contributed by atoms with Crippen LogP contribution < -0.4 is 10.8 Å². The maximum absolute atomic E-state index is 12.9. The summed E-state index contributed by atoms with van der Waals surface area (Å²) < 4.78 is 67.9. The minimum Gasteiger partial charge on any atom is -0.464 e. The van der Waals surface area contributed by atoms with Crippen molar-refractivity contribution >= 4 is 25.5 Å². The molecule has 37 heavy (non-hydrogen) atoms.